The zero-order valence-electron chi connectivity index (χ0n) is 14.3. The number of carbonyl (C=O) groups excluding carboxylic acids is 1. The number of aromatic nitrogens is 1. The Kier molecular flexibility index (Phi) is 7.07. The van der Waals surface area contributed by atoms with Gasteiger partial charge in [-0.2, -0.15) is 0 Å². The van der Waals surface area contributed by atoms with Crippen molar-refractivity contribution >= 4 is 46.6 Å². The van der Waals surface area contributed by atoms with Gasteiger partial charge in [0.1, 0.15) is 0 Å². The predicted molar refractivity (Wildman–Crippen MR) is 111 cm³/mol. The van der Waals surface area contributed by atoms with E-state index in [1.165, 1.54) is 23.5 Å². The molecule has 0 radical (unpaired) electrons. The fourth-order valence-corrected chi connectivity index (χ4v) is 6.20. The fourth-order valence-electron chi connectivity index (χ4n) is 2.55. The average molecular weight is 394 g/mol. The first kappa shape index (κ1) is 18.6. The maximum Gasteiger partial charge on any atom is 0.319 e. The van der Waals surface area contributed by atoms with E-state index in [0.717, 1.165) is 29.2 Å². The lowest BCUT2D eigenvalue weighted by atomic mass is 10.2. The van der Waals surface area contributed by atoms with Crippen LogP contribution in [0.2, 0.25) is 0 Å². The number of anilines is 1. The Morgan fingerprint density at radius 1 is 1.32 bits per heavy atom. The molecule has 1 saturated heterocycles. The number of amides is 2. The van der Waals surface area contributed by atoms with Crippen LogP contribution in [-0.4, -0.2) is 29.1 Å². The van der Waals surface area contributed by atoms with Crippen LogP contribution < -0.4 is 10.6 Å². The summed E-state index contributed by atoms with van der Waals surface area (Å²) in [6.07, 6.45) is 3.01. The summed E-state index contributed by atoms with van der Waals surface area (Å²) in [7, 11) is 0. The van der Waals surface area contributed by atoms with Gasteiger partial charge in [-0.25, -0.2) is 9.78 Å². The monoisotopic (exact) mass is 393 g/mol. The van der Waals surface area contributed by atoms with Crippen molar-refractivity contribution in [3.8, 4) is 0 Å². The third kappa shape index (κ3) is 5.66. The highest BCUT2D eigenvalue weighted by molar-refractivity contribution is 8.16. The Morgan fingerprint density at radius 3 is 2.92 bits per heavy atom. The quantitative estimate of drug-likeness (QED) is 0.730. The molecule has 1 aromatic heterocycles. The van der Waals surface area contributed by atoms with E-state index in [9.17, 15) is 4.79 Å². The van der Waals surface area contributed by atoms with Gasteiger partial charge in [0, 0.05) is 24.0 Å². The largest absolute Gasteiger partial charge is 0.337 e. The molecule has 0 unspecified atom stereocenters. The Labute approximate surface area is 161 Å². The number of nitrogens with one attached hydrogen (secondary N) is 2. The molecule has 0 atom stereocenters. The first-order valence-corrected chi connectivity index (χ1v) is 11.5. The van der Waals surface area contributed by atoms with Crippen LogP contribution in [0.15, 0.2) is 29.6 Å². The third-order valence-electron chi connectivity index (χ3n) is 3.81. The number of hydrogen-bond donors (Lipinski definition) is 2. The van der Waals surface area contributed by atoms with E-state index in [-0.39, 0.29) is 6.03 Å². The molecule has 2 heterocycles. The van der Waals surface area contributed by atoms with Crippen LogP contribution in [0, 0.1) is 0 Å². The lowest BCUT2D eigenvalue weighted by Crippen LogP contribution is -2.30. The summed E-state index contributed by atoms with van der Waals surface area (Å²) in [6.45, 7) is 2.69. The van der Waals surface area contributed by atoms with E-state index < -0.39 is 0 Å². The van der Waals surface area contributed by atoms with Crippen LogP contribution in [0.5, 0.6) is 0 Å². The number of aryl methyl sites for hydroxylation is 1. The second-order valence-corrected chi connectivity index (χ2v) is 9.44. The lowest BCUT2D eigenvalue weighted by Gasteiger charge is -2.21. The molecule has 1 aromatic carbocycles. The molecule has 0 bridgehead atoms. The van der Waals surface area contributed by atoms with Crippen LogP contribution in [-0.2, 0) is 12.8 Å². The van der Waals surface area contributed by atoms with Crippen molar-refractivity contribution in [3.05, 3.63) is 45.9 Å². The van der Waals surface area contributed by atoms with Crippen molar-refractivity contribution in [2.75, 3.05) is 23.4 Å². The molecule has 3 rings (SSSR count). The molecule has 4 nitrogen and oxygen atoms in total. The van der Waals surface area contributed by atoms with Gasteiger partial charge in [-0.1, -0.05) is 19.1 Å². The predicted octanol–water partition coefficient (Wildman–Crippen LogP) is 4.94. The molecule has 2 N–H and O–H groups in total. The smallest absolute Gasteiger partial charge is 0.319 e. The molecule has 25 heavy (non-hydrogen) atoms. The summed E-state index contributed by atoms with van der Waals surface area (Å²) in [5, 5.41) is 9.07. The number of carbonyl (C=O) groups is 1. The highest BCUT2D eigenvalue weighted by atomic mass is 32.2. The third-order valence-corrected chi connectivity index (χ3v) is 7.87. The molecule has 2 aromatic rings. The van der Waals surface area contributed by atoms with Crippen molar-refractivity contribution < 1.29 is 4.79 Å². The van der Waals surface area contributed by atoms with Crippen molar-refractivity contribution in [1.82, 2.24) is 10.3 Å². The Hall–Kier alpha value is -1.18. The van der Waals surface area contributed by atoms with Crippen LogP contribution in [0.1, 0.15) is 34.2 Å². The van der Waals surface area contributed by atoms with Gasteiger partial charge >= 0.3 is 6.03 Å². The molecular formula is C18H23N3OS3. The molecular weight excluding hydrogens is 370 g/mol. The summed E-state index contributed by atoms with van der Waals surface area (Å²) >= 11 is 5.66. The normalized spacial score (nSPS) is 15.1. The van der Waals surface area contributed by atoms with Gasteiger partial charge in [-0.05, 0) is 42.0 Å². The first-order chi connectivity index (χ1) is 12.2. The number of thiazole rings is 1. The number of rotatable bonds is 6. The lowest BCUT2D eigenvalue weighted by molar-refractivity contribution is 0.252. The summed E-state index contributed by atoms with van der Waals surface area (Å²) in [5.74, 6) is 2.43. The standard InChI is InChI=1S/C18H23N3OS3/c1-2-16-20-15(12-25-16)7-8-19-18(22)21-14-6-3-5-13(11-14)17-23-9-4-10-24-17/h3,5-6,11-12,17H,2,4,7-10H2,1H3,(H2,19,21,22). The van der Waals surface area contributed by atoms with Crippen LogP contribution in [0.3, 0.4) is 0 Å². The maximum absolute atomic E-state index is 12.1. The Bertz CT molecular complexity index is 698. The zero-order valence-corrected chi connectivity index (χ0v) is 16.7. The minimum absolute atomic E-state index is 0.160. The average Bonchev–Trinajstić information content (AvgIpc) is 3.11. The molecule has 1 aliphatic rings. The molecule has 1 fully saturated rings. The number of urea groups is 1. The molecule has 0 aliphatic carbocycles. The van der Waals surface area contributed by atoms with Crippen molar-refractivity contribution in [3.63, 3.8) is 0 Å². The molecule has 134 valence electrons. The molecule has 0 spiro atoms. The van der Waals surface area contributed by atoms with E-state index in [1.807, 2.05) is 35.7 Å². The second-order valence-electron chi connectivity index (χ2n) is 5.77. The summed E-state index contributed by atoms with van der Waals surface area (Å²) in [4.78, 5) is 16.6. The minimum Gasteiger partial charge on any atom is -0.337 e. The molecule has 0 saturated carbocycles. The van der Waals surface area contributed by atoms with Crippen molar-refractivity contribution in [2.24, 2.45) is 0 Å². The summed E-state index contributed by atoms with van der Waals surface area (Å²) < 4.78 is 0.482. The van der Waals surface area contributed by atoms with E-state index in [0.29, 0.717) is 11.1 Å². The first-order valence-electron chi connectivity index (χ1n) is 8.56. The second kappa shape index (κ2) is 9.50. The SMILES string of the molecule is CCc1nc(CCNC(=O)Nc2cccc(C3SCCCS3)c2)cs1. The summed E-state index contributed by atoms with van der Waals surface area (Å²) in [6, 6.07) is 8.03. The Balaban J connectivity index is 1.47. The fraction of sp³-hybridized carbons (Fsp3) is 0.444. The number of benzene rings is 1. The van der Waals surface area contributed by atoms with Crippen molar-refractivity contribution in [1.29, 1.82) is 0 Å². The number of thioether (sulfide) groups is 2. The van der Waals surface area contributed by atoms with Gasteiger partial charge < -0.3 is 10.6 Å². The highest BCUT2D eigenvalue weighted by Crippen LogP contribution is 2.43. The highest BCUT2D eigenvalue weighted by Gasteiger charge is 2.17. The van der Waals surface area contributed by atoms with Gasteiger partial charge in [0.15, 0.2) is 0 Å². The summed E-state index contributed by atoms with van der Waals surface area (Å²) in [5.41, 5.74) is 3.18. The van der Waals surface area contributed by atoms with Crippen molar-refractivity contribution in [2.45, 2.75) is 30.8 Å². The maximum atomic E-state index is 12.1. The molecule has 1 aliphatic heterocycles. The number of hydrogen-bond acceptors (Lipinski definition) is 5. The molecule has 2 amide bonds. The van der Waals surface area contributed by atoms with Crippen LogP contribution in [0.4, 0.5) is 10.5 Å². The minimum atomic E-state index is -0.160. The van der Waals surface area contributed by atoms with Gasteiger partial charge in [-0.15, -0.1) is 34.9 Å². The van der Waals surface area contributed by atoms with E-state index in [1.54, 1.807) is 11.3 Å². The van der Waals surface area contributed by atoms with Crippen LogP contribution >= 0.6 is 34.9 Å². The van der Waals surface area contributed by atoms with Gasteiger partial charge in [0.25, 0.3) is 0 Å². The van der Waals surface area contributed by atoms with Crippen LogP contribution in [0.25, 0.3) is 0 Å². The number of nitrogens with zero attached hydrogens (tertiary/aromatic N) is 1. The van der Waals surface area contributed by atoms with E-state index >= 15 is 0 Å². The molecule has 7 heteroatoms. The van der Waals surface area contributed by atoms with E-state index in [2.05, 4.69) is 40.1 Å². The topological polar surface area (TPSA) is 54.0 Å². The van der Waals surface area contributed by atoms with Gasteiger partial charge in [0.2, 0.25) is 0 Å². The van der Waals surface area contributed by atoms with E-state index in [4.69, 9.17) is 0 Å². The zero-order chi connectivity index (χ0) is 17.5. The Morgan fingerprint density at radius 2 is 2.16 bits per heavy atom. The van der Waals surface area contributed by atoms with Gasteiger partial charge in [0.05, 0.1) is 15.3 Å². The van der Waals surface area contributed by atoms with Gasteiger partial charge in [-0.3, -0.25) is 0 Å².